The molecule has 1 unspecified atom stereocenters. The molecule has 13 atom stereocenters. The normalized spacial score (nSPS) is 30.8. The molecule has 3 aromatic rings. The van der Waals surface area contributed by atoms with Crippen molar-refractivity contribution in [2.75, 3.05) is 24.9 Å². The Kier molecular flexibility index (Phi) is 14.5. The number of esters is 1. The van der Waals surface area contributed by atoms with Gasteiger partial charge in [0.15, 0.2) is 24.0 Å². The molecule has 2 saturated heterocycles. The van der Waals surface area contributed by atoms with Crippen LogP contribution in [0.15, 0.2) is 43.0 Å². The lowest BCUT2D eigenvalue weighted by atomic mass is 9.96. The minimum Gasteiger partial charge on any atom is -0.462 e. The van der Waals surface area contributed by atoms with Crippen molar-refractivity contribution in [2.24, 2.45) is 0 Å². The van der Waals surface area contributed by atoms with Crippen molar-refractivity contribution in [3.8, 4) is 5.75 Å². The van der Waals surface area contributed by atoms with Crippen LogP contribution in [0.1, 0.15) is 27.7 Å². The standard InChI is InChI=1S/C33H49N6O15P/c1-16(2)50-32(47)18(4)38-55(48,54-19-8-6-5-7-9-19)15-49-17(3)10-39-14-36-22-29(34-13-35-30(22)39)37-31-26(45)25(44)28(21(12-41)51-31)53-33-27(46)24(43)23(42)20(11-40)52-33/h5-9,13-14,16-18,20-21,23-28,31,33,40-46H,10-12,15H2,1-4H3,(H,38,48)(H,34,35,37)/t17-,18+,20-,21-,23+,24+,25-,26-,27-,28-,31+,33+,55?/m1/s1. The number of carbonyl (C=O) groups excluding carboxylic acids is 1. The molecule has 0 saturated carbocycles. The number of fused-ring (bicyclic) bond motifs is 1. The molecule has 0 amide bonds. The van der Waals surface area contributed by atoms with Gasteiger partial charge in [-0.2, -0.15) is 0 Å². The van der Waals surface area contributed by atoms with E-state index in [1.165, 1.54) is 19.6 Å². The Bertz CT molecular complexity index is 1740. The Morgan fingerprint density at radius 2 is 1.62 bits per heavy atom. The first kappa shape index (κ1) is 42.7. The van der Waals surface area contributed by atoms with E-state index in [0.29, 0.717) is 11.4 Å². The highest BCUT2D eigenvalue weighted by Gasteiger charge is 2.50. The van der Waals surface area contributed by atoms with Gasteiger partial charge in [0.1, 0.15) is 78.8 Å². The lowest BCUT2D eigenvalue weighted by molar-refractivity contribution is -0.340. The van der Waals surface area contributed by atoms with Gasteiger partial charge in [-0.25, -0.2) is 20.0 Å². The number of ether oxygens (including phenoxy) is 5. The van der Waals surface area contributed by atoms with E-state index in [4.69, 9.17) is 28.2 Å². The van der Waals surface area contributed by atoms with Gasteiger partial charge in [-0.1, -0.05) is 18.2 Å². The molecule has 2 aliphatic rings. The molecule has 2 aromatic heterocycles. The average molecular weight is 801 g/mol. The van der Waals surface area contributed by atoms with Crippen molar-refractivity contribution in [2.45, 2.75) is 114 Å². The fourth-order valence-electron chi connectivity index (χ4n) is 5.94. The maximum atomic E-state index is 14.0. The molecule has 0 bridgehead atoms. The molecule has 21 nitrogen and oxygen atoms in total. The van der Waals surface area contributed by atoms with Gasteiger partial charge in [-0.15, -0.1) is 0 Å². The zero-order valence-electron chi connectivity index (χ0n) is 30.5. The van der Waals surface area contributed by atoms with Gasteiger partial charge < -0.3 is 73.8 Å². The molecule has 5 rings (SSSR count). The van der Waals surface area contributed by atoms with Crippen LogP contribution in [0.4, 0.5) is 5.82 Å². The summed E-state index contributed by atoms with van der Waals surface area (Å²) in [7, 11) is -3.83. The maximum Gasteiger partial charge on any atom is 0.342 e. The molecule has 22 heteroatoms. The SMILES string of the molecule is CC(C)OC(=O)[C@H](C)NP(=O)(CO[C@H](C)Cn1cnc2c(N[C@H]3O[C@H](CO)[C@@H](O[C@@H]4O[C@H](CO)[C@H](O)[C@H](O)[C@H]4O)[C@H](O)[C@H]3O)ncnc21)Oc1ccccc1. The van der Waals surface area contributed by atoms with Gasteiger partial charge >= 0.3 is 13.5 Å². The van der Waals surface area contributed by atoms with E-state index in [2.05, 4.69) is 25.4 Å². The highest BCUT2D eigenvalue weighted by molar-refractivity contribution is 7.57. The van der Waals surface area contributed by atoms with Crippen LogP contribution < -0.4 is 14.9 Å². The van der Waals surface area contributed by atoms with E-state index >= 15 is 0 Å². The second kappa shape index (κ2) is 18.7. The van der Waals surface area contributed by atoms with Gasteiger partial charge in [0.25, 0.3) is 0 Å². The van der Waals surface area contributed by atoms with Gasteiger partial charge in [-0.05, 0) is 39.8 Å². The quantitative estimate of drug-likeness (QED) is 0.0550. The molecule has 55 heavy (non-hydrogen) atoms. The summed E-state index contributed by atoms with van der Waals surface area (Å²) in [6.07, 6.45) is -14.5. The third kappa shape index (κ3) is 10.3. The Labute approximate surface area is 315 Å². The molecule has 306 valence electrons. The van der Waals surface area contributed by atoms with E-state index in [9.17, 15) is 45.1 Å². The Balaban J connectivity index is 1.24. The summed E-state index contributed by atoms with van der Waals surface area (Å²) >= 11 is 0. The number of nitrogens with zero attached hydrogens (tertiary/aromatic N) is 4. The summed E-state index contributed by atoms with van der Waals surface area (Å²) in [6, 6.07) is 7.46. The number of rotatable bonds is 17. The van der Waals surface area contributed by atoms with Crippen LogP contribution in [-0.4, -0.2) is 160 Å². The van der Waals surface area contributed by atoms with E-state index in [0.717, 1.165) is 0 Å². The van der Waals surface area contributed by atoms with Crippen LogP contribution in [-0.2, 0) is 39.6 Å². The first-order valence-electron chi connectivity index (χ1n) is 17.6. The number of aliphatic hydroxyl groups excluding tert-OH is 7. The molecular weight excluding hydrogens is 751 g/mol. The molecule has 0 spiro atoms. The fourth-order valence-corrected chi connectivity index (χ4v) is 7.73. The van der Waals surface area contributed by atoms with Crippen molar-refractivity contribution < 1.29 is 73.3 Å². The van der Waals surface area contributed by atoms with Gasteiger partial charge in [0, 0.05) is 0 Å². The summed E-state index contributed by atoms with van der Waals surface area (Å²) in [4.78, 5) is 25.4. The number of hydrogen-bond acceptors (Lipinski definition) is 19. The second-order valence-corrected chi connectivity index (χ2v) is 15.6. The lowest BCUT2D eigenvalue weighted by Gasteiger charge is -2.46. The predicted octanol–water partition coefficient (Wildman–Crippen LogP) is -1.57. The zero-order chi connectivity index (χ0) is 40.0. The molecule has 0 radical (unpaired) electrons. The summed E-state index contributed by atoms with van der Waals surface area (Å²) < 4.78 is 49.4. The Morgan fingerprint density at radius 1 is 0.909 bits per heavy atom. The van der Waals surface area contributed by atoms with E-state index < -0.39 is 107 Å². The number of imidazole rings is 1. The number of carbonyl (C=O) groups is 1. The van der Waals surface area contributed by atoms with Crippen LogP contribution in [0.25, 0.3) is 11.2 Å². The van der Waals surface area contributed by atoms with E-state index in [1.807, 2.05) is 0 Å². The zero-order valence-corrected chi connectivity index (χ0v) is 31.4. The van der Waals surface area contributed by atoms with E-state index in [1.54, 1.807) is 55.7 Å². The number of aromatic nitrogens is 4. The largest absolute Gasteiger partial charge is 0.462 e. The third-order valence-corrected chi connectivity index (χ3v) is 10.5. The van der Waals surface area contributed by atoms with Crippen LogP contribution in [0.5, 0.6) is 5.75 Å². The lowest BCUT2D eigenvalue weighted by Crippen LogP contribution is -2.65. The monoisotopic (exact) mass is 800 g/mol. The first-order valence-corrected chi connectivity index (χ1v) is 19.4. The molecule has 0 aliphatic carbocycles. The summed E-state index contributed by atoms with van der Waals surface area (Å²) in [5.74, 6) is -0.216. The smallest absolute Gasteiger partial charge is 0.342 e. The van der Waals surface area contributed by atoms with Gasteiger partial charge in [-0.3, -0.25) is 9.36 Å². The highest BCUT2D eigenvalue weighted by atomic mass is 31.2. The topological polar surface area (TPSA) is 299 Å². The Hall–Kier alpha value is -3.41. The molecular formula is C33H49N6O15P. The van der Waals surface area contributed by atoms with Crippen molar-refractivity contribution in [3.63, 3.8) is 0 Å². The second-order valence-electron chi connectivity index (χ2n) is 13.5. The number of nitrogens with one attached hydrogen (secondary N) is 2. The molecule has 9 N–H and O–H groups in total. The van der Waals surface area contributed by atoms with E-state index in [-0.39, 0.29) is 24.0 Å². The average Bonchev–Trinajstić information content (AvgIpc) is 3.57. The molecule has 2 aliphatic heterocycles. The van der Waals surface area contributed by atoms with Crippen molar-refractivity contribution in [3.05, 3.63) is 43.0 Å². The molecule has 4 heterocycles. The maximum absolute atomic E-state index is 14.0. The third-order valence-electron chi connectivity index (χ3n) is 8.76. The van der Waals surface area contributed by atoms with Crippen molar-refractivity contribution in [1.82, 2.24) is 24.6 Å². The number of para-hydroxylation sites is 1. The van der Waals surface area contributed by atoms with Gasteiger partial charge in [0.05, 0.1) is 38.3 Å². The number of anilines is 1. The van der Waals surface area contributed by atoms with Crippen LogP contribution in [0, 0.1) is 0 Å². The summed E-state index contributed by atoms with van der Waals surface area (Å²) in [5, 5.41) is 77.8. The highest BCUT2D eigenvalue weighted by Crippen LogP contribution is 2.44. The van der Waals surface area contributed by atoms with Gasteiger partial charge in [0.2, 0.25) is 0 Å². The minimum atomic E-state index is -3.83. The number of aliphatic hydroxyl groups is 7. The first-order chi connectivity index (χ1) is 26.1. The summed E-state index contributed by atoms with van der Waals surface area (Å²) in [6.45, 7) is 5.35. The Morgan fingerprint density at radius 3 is 2.29 bits per heavy atom. The molecule has 1 aromatic carbocycles. The molecule has 2 fully saturated rings. The van der Waals surface area contributed by atoms with Crippen LogP contribution >= 0.6 is 7.52 Å². The predicted molar refractivity (Wildman–Crippen MR) is 189 cm³/mol. The van der Waals surface area contributed by atoms with Crippen LogP contribution in [0.3, 0.4) is 0 Å². The number of benzene rings is 1. The summed E-state index contributed by atoms with van der Waals surface area (Å²) in [5.41, 5.74) is 0.561. The van der Waals surface area contributed by atoms with Crippen LogP contribution in [0.2, 0.25) is 0 Å². The minimum absolute atomic E-state index is 0.0887. The fraction of sp³-hybridized carbons (Fsp3) is 0.636. The number of hydrogen-bond donors (Lipinski definition) is 9. The van der Waals surface area contributed by atoms with Crippen molar-refractivity contribution in [1.29, 1.82) is 0 Å². The van der Waals surface area contributed by atoms with Crippen molar-refractivity contribution >= 4 is 30.5 Å².